The van der Waals surface area contributed by atoms with Crippen LogP contribution in [0.2, 0.25) is 0 Å². The summed E-state index contributed by atoms with van der Waals surface area (Å²) < 4.78 is 18.9. The van der Waals surface area contributed by atoms with E-state index in [0.29, 0.717) is 36.6 Å². The fourth-order valence-electron chi connectivity index (χ4n) is 2.76. The lowest BCUT2D eigenvalue weighted by Gasteiger charge is -2.28. The van der Waals surface area contributed by atoms with Crippen molar-refractivity contribution in [2.75, 3.05) is 6.54 Å². The van der Waals surface area contributed by atoms with Crippen molar-refractivity contribution in [3.8, 4) is 0 Å². The highest BCUT2D eigenvalue weighted by Gasteiger charge is 2.20. The smallest absolute Gasteiger partial charge is 0.209 e. The Labute approximate surface area is 140 Å². The van der Waals surface area contributed by atoms with Crippen LogP contribution in [0.4, 0.5) is 4.39 Å². The normalized spacial score (nSPS) is 12.2. The largest absolute Gasteiger partial charge is 0.439 e. The molecule has 0 aliphatic rings. The minimum atomic E-state index is -0.840. The van der Waals surface area contributed by atoms with Gasteiger partial charge in [0.05, 0.1) is 12.1 Å². The molecule has 0 atom stereocenters. The average Bonchev–Trinajstić information content (AvgIpc) is 2.87. The van der Waals surface area contributed by atoms with Crippen LogP contribution in [0, 0.1) is 5.82 Å². The number of halogens is 1. The Balaban J connectivity index is 1.81. The van der Waals surface area contributed by atoms with Crippen molar-refractivity contribution in [1.29, 1.82) is 0 Å². The van der Waals surface area contributed by atoms with E-state index in [2.05, 4.69) is 9.88 Å². The molecule has 126 valence electrons. The van der Waals surface area contributed by atoms with E-state index in [-0.39, 0.29) is 5.82 Å². The van der Waals surface area contributed by atoms with Gasteiger partial charge in [-0.25, -0.2) is 9.37 Å². The van der Waals surface area contributed by atoms with Gasteiger partial charge in [0, 0.05) is 19.2 Å². The zero-order chi connectivity index (χ0) is 17.2. The van der Waals surface area contributed by atoms with E-state index in [1.165, 1.54) is 12.1 Å². The number of oxazole rings is 1. The number of hydrogen-bond acceptors (Lipinski definition) is 4. The van der Waals surface area contributed by atoms with Gasteiger partial charge in [-0.05, 0) is 31.5 Å². The first-order valence-corrected chi connectivity index (χ1v) is 7.93. The molecule has 2 aromatic carbocycles. The number of aromatic nitrogens is 1. The van der Waals surface area contributed by atoms with Crippen molar-refractivity contribution in [2.24, 2.45) is 0 Å². The van der Waals surface area contributed by atoms with Crippen LogP contribution in [0.5, 0.6) is 0 Å². The maximum absolute atomic E-state index is 13.3. The van der Waals surface area contributed by atoms with Crippen LogP contribution < -0.4 is 0 Å². The summed E-state index contributed by atoms with van der Waals surface area (Å²) >= 11 is 0. The molecule has 0 fully saturated rings. The standard InChI is InChI=1S/C19H21FN2O2/c1-19(2,23)13-22(11-14-6-4-3-5-7-14)12-18-21-16-9-8-15(20)10-17(16)24-18/h3-10,23H,11-13H2,1-2H3. The summed E-state index contributed by atoms with van der Waals surface area (Å²) in [5.74, 6) is 0.165. The predicted molar refractivity (Wildman–Crippen MR) is 90.8 cm³/mol. The first kappa shape index (κ1) is 16.6. The Bertz CT molecular complexity index is 809. The molecule has 0 unspecified atom stereocenters. The molecule has 1 N–H and O–H groups in total. The van der Waals surface area contributed by atoms with Crippen LogP contribution in [0.25, 0.3) is 11.1 Å². The minimum absolute atomic E-state index is 0.345. The van der Waals surface area contributed by atoms with Crippen LogP contribution >= 0.6 is 0 Å². The number of rotatable bonds is 6. The van der Waals surface area contributed by atoms with Gasteiger partial charge in [-0.2, -0.15) is 0 Å². The van der Waals surface area contributed by atoms with Crippen LogP contribution in [0.3, 0.4) is 0 Å². The van der Waals surface area contributed by atoms with Gasteiger partial charge in [-0.3, -0.25) is 4.90 Å². The molecule has 0 spiro atoms. The lowest BCUT2D eigenvalue weighted by atomic mass is 10.1. The van der Waals surface area contributed by atoms with Crippen molar-refractivity contribution >= 4 is 11.1 Å². The second kappa shape index (κ2) is 6.71. The van der Waals surface area contributed by atoms with Gasteiger partial charge < -0.3 is 9.52 Å². The monoisotopic (exact) mass is 328 g/mol. The fourth-order valence-corrected chi connectivity index (χ4v) is 2.76. The van der Waals surface area contributed by atoms with Crippen molar-refractivity contribution in [3.05, 3.63) is 65.8 Å². The third-order valence-electron chi connectivity index (χ3n) is 3.61. The van der Waals surface area contributed by atoms with Gasteiger partial charge in [0.15, 0.2) is 5.58 Å². The number of fused-ring (bicyclic) bond motifs is 1. The van der Waals surface area contributed by atoms with E-state index in [9.17, 15) is 9.50 Å². The number of hydrogen-bond donors (Lipinski definition) is 1. The minimum Gasteiger partial charge on any atom is -0.439 e. The molecule has 24 heavy (non-hydrogen) atoms. The van der Waals surface area contributed by atoms with E-state index in [1.807, 2.05) is 30.3 Å². The van der Waals surface area contributed by atoms with E-state index in [4.69, 9.17) is 4.42 Å². The number of nitrogens with zero attached hydrogens (tertiary/aromatic N) is 2. The van der Waals surface area contributed by atoms with Crippen LogP contribution in [-0.2, 0) is 13.1 Å². The maximum Gasteiger partial charge on any atom is 0.209 e. The van der Waals surface area contributed by atoms with Crippen molar-refractivity contribution in [3.63, 3.8) is 0 Å². The molecule has 4 nitrogen and oxygen atoms in total. The molecule has 0 aliphatic carbocycles. The first-order chi connectivity index (χ1) is 11.4. The molecule has 5 heteroatoms. The van der Waals surface area contributed by atoms with E-state index in [1.54, 1.807) is 19.9 Å². The quantitative estimate of drug-likeness (QED) is 0.749. The number of aliphatic hydroxyl groups is 1. The zero-order valence-electron chi connectivity index (χ0n) is 13.9. The topological polar surface area (TPSA) is 49.5 Å². The Morgan fingerprint density at radius 3 is 2.58 bits per heavy atom. The highest BCUT2D eigenvalue weighted by molar-refractivity contribution is 5.72. The molecular formula is C19H21FN2O2. The molecule has 3 rings (SSSR count). The second-order valence-electron chi connectivity index (χ2n) is 6.66. The zero-order valence-corrected chi connectivity index (χ0v) is 13.9. The molecule has 3 aromatic rings. The average molecular weight is 328 g/mol. The lowest BCUT2D eigenvalue weighted by molar-refractivity contribution is 0.0281. The summed E-state index contributed by atoms with van der Waals surface area (Å²) in [5, 5.41) is 10.2. The Hall–Kier alpha value is -2.24. The molecular weight excluding hydrogens is 307 g/mol. The molecule has 1 aromatic heterocycles. The highest BCUT2D eigenvalue weighted by Crippen LogP contribution is 2.19. The summed E-state index contributed by atoms with van der Waals surface area (Å²) in [6.45, 7) is 5.11. The molecule has 1 heterocycles. The summed E-state index contributed by atoms with van der Waals surface area (Å²) in [7, 11) is 0. The maximum atomic E-state index is 13.3. The molecule has 0 bridgehead atoms. The molecule has 0 radical (unpaired) electrons. The van der Waals surface area contributed by atoms with Crippen LogP contribution in [0.1, 0.15) is 25.3 Å². The lowest BCUT2D eigenvalue weighted by Crippen LogP contribution is -2.37. The highest BCUT2D eigenvalue weighted by atomic mass is 19.1. The Morgan fingerprint density at radius 2 is 1.88 bits per heavy atom. The van der Waals surface area contributed by atoms with E-state index in [0.717, 1.165) is 5.56 Å². The molecule has 0 amide bonds. The predicted octanol–water partition coefficient (Wildman–Crippen LogP) is 3.74. The first-order valence-electron chi connectivity index (χ1n) is 7.93. The molecule has 0 aliphatic heterocycles. The van der Waals surface area contributed by atoms with Crippen molar-refractivity contribution < 1.29 is 13.9 Å². The van der Waals surface area contributed by atoms with Gasteiger partial charge in [0.25, 0.3) is 0 Å². The van der Waals surface area contributed by atoms with Gasteiger partial charge in [-0.15, -0.1) is 0 Å². The van der Waals surface area contributed by atoms with E-state index >= 15 is 0 Å². The molecule has 0 saturated heterocycles. The van der Waals surface area contributed by atoms with Crippen LogP contribution in [-0.4, -0.2) is 27.1 Å². The van der Waals surface area contributed by atoms with Crippen molar-refractivity contribution in [1.82, 2.24) is 9.88 Å². The van der Waals surface area contributed by atoms with Gasteiger partial charge in [0.2, 0.25) is 5.89 Å². The Kier molecular flexibility index (Phi) is 4.64. The van der Waals surface area contributed by atoms with Gasteiger partial charge in [-0.1, -0.05) is 30.3 Å². The third-order valence-corrected chi connectivity index (χ3v) is 3.61. The Morgan fingerprint density at radius 1 is 1.12 bits per heavy atom. The molecule has 0 saturated carbocycles. The van der Waals surface area contributed by atoms with E-state index < -0.39 is 5.60 Å². The summed E-state index contributed by atoms with van der Waals surface area (Å²) in [6.07, 6.45) is 0. The second-order valence-corrected chi connectivity index (χ2v) is 6.66. The van der Waals surface area contributed by atoms with Gasteiger partial charge >= 0.3 is 0 Å². The summed E-state index contributed by atoms with van der Waals surface area (Å²) in [6, 6.07) is 14.3. The van der Waals surface area contributed by atoms with Crippen LogP contribution in [0.15, 0.2) is 52.9 Å². The SMILES string of the molecule is CC(C)(O)CN(Cc1ccccc1)Cc1nc2ccc(F)cc2o1. The number of benzene rings is 2. The summed E-state index contributed by atoms with van der Waals surface area (Å²) in [5.41, 5.74) is 1.37. The third kappa shape index (κ3) is 4.40. The summed E-state index contributed by atoms with van der Waals surface area (Å²) in [4.78, 5) is 6.47. The fraction of sp³-hybridized carbons (Fsp3) is 0.316. The van der Waals surface area contributed by atoms with Gasteiger partial charge in [0.1, 0.15) is 11.3 Å². The van der Waals surface area contributed by atoms with Crippen molar-refractivity contribution in [2.45, 2.75) is 32.5 Å².